The maximum absolute atomic E-state index is 12.4. The van der Waals surface area contributed by atoms with Crippen molar-refractivity contribution in [2.75, 3.05) is 0 Å². The Morgan fingerprint density at radius 1 is 0.808 bits per heavy atom. The Balaban J connectivity index is 1.57. The van der Waals surface area contributed by atoms with Crippen molar-refractivity contribution in [1.82, 2.24) is 15.2 Å². The molecule has 0 aliphatic carbocycles. The quantitative estimate of drug-likeness (QED) is 0.508. The smallest absolute Gasteiger partial charge is 0.248 e. The van der Waals surface area contributed by atoms with E-state index in [1.165, 1.54) is 0 Å². The van der Waals surface area contributed by atoms with Gasteiger partial charge in [-0.15, -0.1) is 10.2 Å². The lowest BCUT2D eigenvalue weighted by Crippen LogP contribution is -2.04. The van der Waals surface area contributed by atoms with Crippen LogP contribution in [0.1, 0.15) is 16.1 Å². The molecule has 0 fully saturated rings. The van der Waals surface area contributed by atoms with E-state index in [1.54, 1.807) is 24.4 Å². The van der Waals surface area contributed by atoms with Crippen molar-refractivity contribution in [3.63, 3.8) is 0 Å². The normalized spacial score (nSPS) is 10.6. The van der Waals surface area contributed by atoms with Crippen LogP contribution < -0.4 is 0 Å². The fourth-order valence-corrected chi connectivity index (χ4v) is 2.64. The van der Waals surface area contributed by atoms with Gasteiger partial charge >= 0.3 is 0 Å². The lowest BCUT2D eigenvalue weighted by atomic mass is 10.1. The zero-order valence-corrected chi connectivity index (χ0v) is 13.9. The molecule has 0 amide bonds. The van der Waals surface area contributed by atoms with Gasteiger partial charge in [-0.2, -0.15) is 0 Å². The van der Waals surface area contributed by atoms with Gasteiger partial charge in [0.15, 0.2) is 5.78 Å². The molecule has 5 nitrogen and oxygen atoms in total. The molecule has 2 aromatic heterocycles. The van der Waals surface area contributed by atoms with Crippen molar-refractivity contribution in [3.8, 4) is 22.9 Å². The molecule has 5 heteroatoms. The second-order valence-electron chi connectivity index (χ2n) is 5.78. The van der Waals surface area contributed by atoms with Crippen LogP contribution in [-0.4, -0.2) is 21.0 Å². The van der Waals surface area contributed by atoms with E-state index in [4.69, 9.17) is 4.42 Å². The number of carbonyl (C=O) groups excluding carboxylic acids is 1. The molecule has 0 bridgehead atoms. The standard InChI is InChI=1S/C21H15N3O2/c25-19(15-7-3-1-4-8-15)14-18-13-17(11-12-22-18)21-24-23-20(26-21)16-9-5-2-6-10-16/h1-13H,14H2. The second kappa shape index (κ2) is 7.11. The van der Waals surface area contributed by atoms with Gasteiger partial charge in [0, 0.05) is 28.6 Å². The Hall–Kier alpha value is -3.60. The average molecular weight is 341 g/mol. The van der Waals surface area contributed by atoms with Crippen LogP contribution in [0, 0.1) is 0 Å². The third kappa shape index (κ3) is 3.42. The summed E-state index contributed by atoms with van der Waals surface area (Å²) in [6.07, 6.45) is 1.87. The first kappa shape index (κ1) is 15.9. The first-order valence-electron chi connectivity index (χ1n) is 8.22. The molecule has 2 aromatic carbocycles. The van der Waals surface area contributed by atoms with E-state index in [1.807, 2.05) is 54.6 Å². The fraction of sp³-hybridized carbons (Fsp3) is 0.0476. The van der Waals surface area contributed by atoms with E-state index in [0.717, 1.165) is 11.1 Å². The van der Waals surface area contributed by atoms with Gasteiger partial charge in [-0.3, -0.25) is 9.78 Å². The summed E-state index contributed by atoms with van der Waals surface area (Å²) in [7, 11) is 0. The Kier molecular flexibility index (Phi) is 4.35. The molecule has 126 valence electrons. The van der Waals surface area contributed by atoms with Crippen LogP contribution in [0.4, 0.5) is 0 Å². The Bertz CT molecular complexity index is 1030. The minimum atomic E-state index is 0.0192. The number of ketones is 1. The van der Waals surface area contributed by atoms with Gasteiger partial charge in [0.1, 0.15) is 0 Å². The lowest BCUT2D eigenvalue weighted by Gasteiger charge is -2.02. The van der Waals surface area contributed by atoms with E-state index in [2.05, 4.69) is 15.2 Å². The Morgan fingerprint density at radius 3 is 2.19 bits per heavy atom. The van der Waals surface area contributed by atoms with Gasteiger partial charge in [-0.1, -0.05) is 48.5 Å². The monoisotopic (exact) mass is 341 g/mol. The summed E-state index contributed by atoms with van der Waals surface area (Å²) >= 11 is 0. The highest BCUT2D eigenvalue weighted by molar-refractivity contribution is 5.97. The predicted molar refractivity (Wildman–Crippen MR) is 97.4 cm³/mol. The summed E-state index contributed by atoms with van der Waals surface area (Å²) in [4.78, 5) is 16.6. The molecule has 0 atom stereocenters. The van der Waals surface area contributed by atoms with Crippen LogP contribution >= 0.6 is 0 Å². The number of hydrogen-bond acceptors (Lipinski definition) is 5. The zero-order valence-electron chi connectivity index (χ0n) is 13.9. The molecule has 0 aliphatic heterocycles. The van der Waals surface area contributed by atoms with E-state index in [9.17, 15) is 4.79 Å². The molecule has 0 aliphatic rings. The summed E-state index contributed by atoms with van der Waals surface area (Å²) in [5.74, 6) is 0.879. The number of Topliss-reactive ketones (excluding diaryl/α,β-unsaturated/α-hetero) is 1. The van der Waals surface area contributed by atoms with E-state index in [-0.39, 0.29) is 12.2 Å². The minimum absolute atomic E-state index is 0.0192. The second-order valence-corrected chi connectivity index (χ2v) is 5.78. The molecule has 2 heterocycles. The Morgan fingerprint density at radius 2 is 1.46 bits per heavy atom. The van der Waals surface area contributed by atoms with E-state index in [0.29, 0.717) is 23.0 Å². The van der Waals surface area contributed by atoms with Crippen molar-refractivity contribution in [1.29, 1.82) is 0 Å². The first-order valence-corrected chi connectivity index (χ1v) is 8.22. The molecule has 0 N–H and O–H groups in total. The number of rotatable bonds is 5. The zero-order chi connectivity index (χ0) is 17.8. The van der Waals surface area contributed by atoms with Gasteiger partial charge < -0.3 is 4.42 Å². The molecule has 0 unspecified atom stereocenters. The van der Waals surface area contributed by atoms with Crippen molar-refractivity contribution < 1.29 is 9.21 Å². The summed E-state index contributed by atoms with van der Waals surface area (Å²) in [6.45, 7) is 0. The predicted octanol–water partition coefficient (Wildman–Crippen LogP) is 4.22. The highest BCUT2D eigenvalue weighted by atomic mass is 16.4. The molecule has 0 saturated carbocycles. The summed E-state index contributed by atoms with van der Waals surface area (Å²) in [5.41, 5.74) is 2.94. The van der Waals surface area contributed by atoms with Crippen LogP contribution in [-0.2, 0) is 6.42 Å². The SMILES string of the molecule is O=C(Cc1cc(-c2nnc(-c3ccccc3)o2)ccn1)c1ccccc1. The summed E-state index contributed by atoms with van der Waals surface area (Å²) in [6, 6.07) is 22.4. The molecule has 0 radical (unpaired) electrons. The highest BCUT2D eigenvalue weighted by Gasteiger charge is 2.13. The Labute approximate surface area is 150 Å². The average Bonchev–Trinajstić information content (AvgIpc) is 3.20. The van der Waals surface area contributed by atoms with Crippen LogP contribution in [0.3, 0.4) is 0 Å². The van der Waals surface area contributed by atoms with E-state index >= 15 is 0 Å². The number of hydrogen-bond donors (Lipinski definition) is 0. The van der Waals surface area contributed by atoms with Crippen LogP contribution in [0.25, 0.3) is 22.9 Å². The third-order valence-corrected chi connectivity index (χ3v) is 3.95. The largest absolute Gasteiger partial charge is 0.416 e. The highest BCUT2D eigenvalue weighted by Crippen LogP contribution is 2.24. The third-order valence-electron chi connectivity index (χ3n) is 3.95. The van der Waals surface area contributed by atoms with Crippen LogP contribution in [0.15, 0.2) is 83.4 Å². The number of benzene rings is 2. The van der Waals surface area contributed by atoms with Gasteiger partial charge in [0.25, 0.3) is 0 Å². The number of aromatic nitrogens is 3. The molecule has 26 heavy (non-hydrogen) atoms. The van der Waals surface area contributed by atoms with Gasteiger partial charge in [0.2, 0.25) is 11.8 Å². The number of carbonyl (C=O) groups is 1. The molecule has 0 spiro atoms. The molecule has 0 saturated heterocycles. The van der Waals surface area contributed by atoms with Crippen LogP contribution in [0.2, 0.25) is 0 Å². The number of pyridine rings is 1. The summed E-state index contributed by atoms with van der Waals surface area (Å²) in [5, 5.41) is 8.21. The van der Waals surface area contributed by atoms with E-state index < -0.39 is 0 Å². The maximum Gasteiger partial charge on any atom is 0.248 e. The maximum atomic E-state index is 12.4. The topological polar surface area (TPSA) is 68.9 Å². The molecule has 4 aromatic rings. The van der Waals surface area contributed by atoms with Crippen LogP contribution in [0.5, 0.6) is 0 Å². The lowest BCUT2D eigenvalue weighted by molar-refractivity contribution is 0.0992. The van der Waals surface area contributed by atoms with Gasteiger partial charge in [-0.05, 0) is 24.3 Å². The van der Waals surface area contributed by atoms with Crippen molar-refractivity contribution in [3.05, 3.63) is 90.3 Å². The van der Waals surface area contributed by atoms with Gasteiger partial charge in [0.05, 0.1) is 6.42 Å². The molecule has 4 rings (SSSR count). The first-order chi connectivity index (χ1) is 12.8. The van der Waals surface area contributed by atoms with Gasteiger partial charge in [-0.25, -0.2) is 0 Å². The minimum Gasteiger partial charge on any atom is -0.416 e. The summed E-state index contributed by atoms with van der Waals surface area (Å²) < 4.78 is 5.77. The van der Waals surface area contributed by atoms with Crippen molar-refractivity contribution in [2.24, 2.45) is 0 Å². The van der Waals surface area contributed by atoms with Crippen molar-refractivity contribution in [2.45, 2.75) is 6.42 Å². The number of nitrogens with zero attached hydrogens (tertiary/aromatic N) is 3. The molecular formula is C21H15N3O2. The fourth-order valence-electron chi connectivity index (χ4n) is 2.64. The van der Waals surface area contributed by atoms with Crippen molar-refractivity contribution >= 4 is 5.78 Å². The molecular weight excluding hydrogens is 326 g/mol.